The minimum absolute atomic E-state index is 0.0186. The van der Waals surface area contributed by atoms with Gasteiger partial charge in [0.2, 0.25) is 0 Å². The van der Waals surface area contributed by atoms with E-state index in [-0.39, 0.29) is 34.2 Å². The van der Waals surface area contributed by atoms with E-state index >= 15 is 0 Å². The Balaban J connectivity index is 2.10. The summed E-state index contributed by atoms with van der Waals surface area (Å²) in [6.07, 6.45) is 0. The Morgan fingerprint density at radius 3 is 1.92 bits per heavy atom. The maximum Gasteiger partial charge on any atom is 0.310 e. The molecule has 2 rings (SSSR count). The van der Waals surface area contributed by atoms with Gasteiger partial charge in [-0.15, -0.1) is 0 Å². The van der Waals surface area contributed by atoms with E-state index in [1.54, 1.807) is 0 Å². The molecule has 2 nitrogen and oxygen atoms in total. The minimum atomic E-state index is -9.74. The van der Waals surface area contributed by atoms with Gasteiger partial charge in [-0.25, -0.2) is 8.78 Å². The molecule has 0 amide bonds. The summed E-state index contributed by atoms with van der Waals surface area (Å²) in [5.41, 5.74) is -0.0132. The molecule has 0 unspecified atom stereocenters. The molecule has 2 aromatic rings. The van der Waals surface area contributed by atoms with Crippen LogP contribution in [-0.4, -0.2) is 5.11 Å². The number of alkyl halides is 2. The molecule has 0 saturated carbocycles. The summed E-state index contributed by atoms with van der Waals surface area (Å²) in [5, 5.41) is 4.96. The first kappa shape index (κ1) is 20.3. The smallest absolute Gasteiger partial charge is 0.310 e. The van der Waals surface area contributed by atoms with Gasteiger partial charge in [0.15, 0.2) is 5.11 Å². The summed E-state index contributed by atoms with van der Waals surface area (Å²) >= 11 is 4.93. The number of rotatable bonds is 4. The molecule has 144 valence electrons. The van der Waals surface area contributed by atoms with Crippen LogP contribution in [0, 0.1) is 0 Å². The van der Waals surface area contributed by atoms with Gasteiger partial charge in [0.1, 0.15) is 4.90 Å². The van der Waals surface area contributed by atoms with Crippen molar-refractivity contribution in [2.24, 2.45) is 0 Å². The molecule has 0 atom stereocenters. The molecule has 26 heavy (non-hydrogen) atoms. The molecule has 0 aliphatic carbocycles. The molecule has 0 spiro atoms. The minimum Gasteiger partial charge on any atom is -0.332 e. The van der Waals surface area contributed by atoms with Crippen LogP contribution in [0.25, 0.3) is 0 Å². The zero-order valence-electron chi connectivity index (χ0n) is 13.1. The highest BCUT2D eigenvalue weighted by molar-refractivity contribution is 8.45. The van der Waals surface area contributed by atoms with Crippen LogP contribution in [0.15, 0.2) is 53.4 Å². The molecule has 0 bridgehead atoms. The average molecular weight is 418 g/mol. The molecular formula is C15H13F7N2S2. The first-order chi connectivity index (χ1) is 11.5. The van der Waals surface area contributed by atoms with Crippen molar-refractivity contribution in [1.82, 2.24) is 0 Å². The van der Waals surface area contributed by atoms with Gasteiger partial charge in [-0.3, -0.25) is 0 Å². The van der Waals surface area contributed by atoms with E-state index in [4.69, 9.17) is 12.2 Å². The van der Waals surface area contributed by atoms with Crippen LogP contribution in [0.1, 0.15) is 12.5 Å². The molecule has 0 aromatic heterocycles. The lowest BCUT2D eigenvalue weighted by Crippen LogP contribution is -2.19. The summed E-state index contributed by atoms with van der Waals surface area (Å²) in [5.74, 6) is -3.06. The monoisotopic (exact) mass is 418 g/mol. The summed E-state index contributed by atoms with van der Waals surface area (Å²) < 4.78 is 89.8. The van der Waals surface area contributed by atoms with Crippen LogP contribution >= 0.6 is 22.4 Å². The number of hydrogen-bond acceptors (Lipinski definition) is 1. The third-order valence-corrected chi connectivity index (χ3v) is 4.55. The molecule has 0 aliphatic heterocycles. The summed E-state index contributed by atoms with van der Waals surface area (Å²) in [7, 11) is -9.74. The van der Waals surface area contributed by atoms with Gasteiger partial charge < -0.3 is 10.6 Å². The largest absolute Gasteiger partial charge is 0.332 e. The number of hydrogen-bond donors (Lipinski definition) is 2. The van der Waals surface area contributed by atoms with Crippen molar-refractivity contribution in [2.45, 2.75) is 17.7 Å². The van der Waals surface area contributed by atoms with Gasteiger partial charge in [-0.05, 0) is 48.6 Å². The summed E-state index contributed by atoms with van der Waals surface area (Å²) in [4.78, 5) is -2.02. The molecule has 0 radical (unpaired) electrons. The fourth-order valence-electron chi connectivity index (χ4n) is 1.96. The van der Waals surface area contributed by atoms with Crippen molar-refractivity contribution in [3.63, 3.8) is 0 Å². The van der Waals surface area contributed by atoms with E-state index in [0.29, 0.717) is 0 Å². The van der Waals surface area contributed by atoms with Gasteiger partial charge in [-0.2, -0.15) is 0 Å². The van der Waals surface area contributed by atoms with Crippen LogP contribution in [0.5, 0.6) is 0 Å². The van der Waals surface area contributed by atoms with E-state index in [9.17, 15) is 28.2 Å². The van der Waals surface area contributed by atoms with E-state index in [1.807, 2.05) is 0 Å². The topological polar surface area (TPSA) is 24.1 Å². The van der Waals surface area contributed by atoms with Crippen LogP contribution < -0.4 is 10.6 Å². The second kappa shape index (κ2) is 5.74. The van der Waals surface area contributed by atoms with Gasteiger partial charge >= 0.3 is 10.2 Å². The van der Waals surface area contributed by atoms with Crippen molar-refractivity contribution in [3.05, 3.63) is 54.1 Å². The van der Waals surface area contributed by atoms with E-state index in [2.05, 4.69) is 10.6 Å². The van der Waals surface area contributed by atoms with Crippen molar-refractivity contribution >= 4 is 38.9 Å². The second-order valence-electron chi connectivity index (χ2n) is 5.54. The fraction of sp³-hybridized carbons (Fsp3) is 0.133. The van der Waals surface area contributed by atoms with Gasteiger partial charge in [0.05, 0.1) is 0 Å². The highest BCUT2D eigenvalue weighted by atomic mass is 32.5. The molecule has 0 saturated heterocycles. The highest BCUT2D eigenvalue weighted by Gasteiger charge is 2.65. The maximum atomic E-state index is 13.3. The lowest BCUT2D eigenvalue weighted by atomic mass is 10.1. The Hall–Kier alpha value is -2.01. The molecular weight excluding hydrogens is 405 g/mol. The second-order valence-corrected chi connectivity index (χ2v) is 8.36. The number of nitrogens with one attached hydrogen (secondary N) is 2. The predicted molar refractivity (Wildman–Crippen MR) is 93.7 cm³/mol. The zero-order chi connectivity index (χ0) is 19.9. The SMILES string of the molecule is CC(F)(F)c1cccc(NC(=S)Nc2ccc(S(F)(F)(F)(F)F)cc2)c1. The third-order valence-electron chi connectivity index (χ3n) is 3.18. The van der Waals surface area contributed by atoms with E-state index < -0.39 is 21.0 Å². The van der Waals surface area contributed by atoms with Crippen LogP contribution in [-0.2, 0) is 5.92 Å². The molecule has 2 aromatic carbocycles. The number of benzene rings is 2. The van der Waals surface area contributed by atoms with Crippen molar-refractivity contribution in [2.75, 3.05) is 10.6 Å². The average Bonchev–Trinajstić information content (AvgIpc) is 2.44. The maximum absolute atomic E-state index is 13.3. The molecule has 11 heteroatoms. The summed E-state index contributed by atoms with van der Waals surface area (Å²) in [6.45, 7) is 0.725. The zero-order valence-corrected chi connectivity index (χ0v) is 14.7. The molecule has 0 aliphatic rings. The third kappa shape index (κ3) is 5.49. The fourth-order valence-corrected chi connectivity index (χ4v) is 2.85. The first-order valence-corrected chi connectivity index (χ1v) is 9.31. The first-order valence-electron chi connectivity index (χ1n) is 6.95. The lowest BCUT2D eigenvalue weighted by Gasteiger charge is -2.40. The Morgan fingerprint density at radius 2 is 1.42 bits per heavy atom. The van der Waals surface area contributed by atoms with Crippen molar-refractivity contribution in [1.29, 1.82) is 0 Å². The van der Waals surface area contributed by atoms with Gasteiger partial charge in [0.25, 0.3) is 5.92 Å². The van der Waals surface area contributed by atoms with Crippen LogP contribution in [0.2, 0.25) is 0 Å². The standard InChI is InChI=1S/C15H13F7N2S2/c1-15(16,17)10-3-2-4-12(9-10)24-14(25)23-11-5-7-13(8-6-11)26(18,19,20,21)22/h2-9H,1H3,(H2,23,24,25). The Morgan fingerprint density at radius 1 is 0.885 bits per heavy atom. The highest BCUT2D eigenvalue weighted by Crippen LogP contribution is 3.02. The Kier molecular flexibility index (Phi) is 4.49. The Bertz CT molecular complexity index is 828. The van der Waals surface area contributed by atoms with Crippen molar-refractivity contribution in [3.8, 4) is 0 Å². The van der Waals surface area contributed by atoms with E-state index in [0.717, 1.165) is 25.1 Å². The van der Waals surface area contributed by atoms with Crippen LogP contribution in [0.4, 0.5) is 39.6 Å². The lowest BCUT2D eigenvalue weighted by molar-refractivity contribution is 0.0175. The predicted octanol–water partition coefficient (Wildman–Crippen LogP) is 7.26. The Labute approximate surface area is 150 Å². The van der Waals surface area contributed by atoms with Crippen molar-refractivity contribution < 1.29 is 28.2 Å². The number of anilines is 2. The normalized spacial score (nSPS) is 14.9. The molecule has 0 heterocycles. The van der Waals surface area contributed by atoms with E-state index in [1.165, 1.54) is 18.2 Å². The quantitative estimate of drug-likeness (QED) is 0.403. The summed E-state index contributed by atoms with van der Waals surface area (Å²) in [6, 6.07) is 7.28. The van der Waals surface area contributed by atoms with Crippen LogP contribution in [0.3, 0.4) is 0 Å². The number of halogens is 7. The van der Waals surface area contributed by atoms with Gasteiger partial charge in [-0.1, -0.05) is 31.6 Å². The molecule has 2 N–H and O–H groups in total. The van der Waals surface area contributed by atoms with Gasteiger partial charge in [0, 0.05) is 23.9 Å². The molecule has 0 fully saturated rings. The number of thiocarbonyl (C=S) groups is 1.